The molecule has 17 heavy (non-hydrogen) atoms. The Morgan fingerprint density at radius 1 is 1.24 bits per heavy atom. The SMILES string of the molecule is O=Cc1ccc(OCCCCCCBr)c(Cl)c1. The minimum absolute atomic E-state index is 0.495. The average Bonchev–Trinajstić information content (AvgIpc) is 2.35. The fourth-order valence-corrected chi connectivity index (χ4v) is 2.08. The highest BCUT2D eigenvalue weighted by Gasteiger charge is 2.02. The summed E-state index contributed by atoms with van der Waals surface area (Å²) in [5.41, 5.74) is 0.569. The highest BCUT2D eigenvalue weighted by molar-refractivity contribution is 9.09. The van der Waals surface area contributed by atoms with Crippen molar-refractivity contribution in [2.75, 3.05) is 11.9 Å². The summed E-state index contributed by atoms with van der Waals surface area (Å²) in [6, 6.07) is 5.07. The van der Waals surface area contributed by atoms with Crippen LogP contribution in [0.15, 0.2) is 18.2 Å². The fraction of sp³-hybridized carbons (Fsp3) is 0.462. The molecule has 0 aliphatic heterocycles. The van der Waals surface area contributed by atoms with Gasteiger partial charge in [0.15, 0.2) is 0 Å². The van der Waals surface area contributed by atoms with Crippen molar-refractivity contribution in [3.05, 3.63) is 28.8 Å². The van der Waals surface area contributed by atoms with Crippen molar-refractivity contribution in [1.29, 1.82) is 0 Å². The molecule has 0 aliphatic carbocycles. The number of ether oxygens (including phenoxy) is 1. The third-order valence-corrected chi connectivity index (χ3v) is 3.23. The summed E-state index contributed by atoms with van der Waals surface area (Å²) in [5, 5.41) is 1.56. The van der Waals surface area contributed by atoms with Crippen LogP contribution in [-0.4, -0.2) is 18.2 Å². The van der Waals surface area contributed by atoms with Crippen molar-refractivity contribution in [2.45, 2.75) is 25.7 Å². The zero-order chi connectivity index (χ0) is 12.5. The number of alkyl halides is 1. The van der Waals surface area contributed by atoms with Gasteiger partial charge >= 0.3 is 0 Å². The van der Waals surface area contributed by atoms with E-state index in [0.717, 1.165) is 24.5 Å². The van der Waals surface area contributed by atoms with E-state index < -0.39 is 0 Å². The number of carbonyl (C=O) groups is 1. The predicted molar refractivity (Wildman–Crippen MR) is 74.6 cm³/mol. The van der Waals surface area contributed by atoms with E-state index in [9.17, 15) is 4.79 Å². The van der Waals surface area contributed by atoms with E-state index in [1.165, 1.54) is 12.8 Å². The van der Waals surface area contributed by atoms with Gasteiger partial charge in [-0.2, -0.15) is 0 Å². The van der Waals surface area contributed by atoms with Crippen molar-refractivity contribution in [2.24, 2.45) is 0 Å². The lowest BCUT2D eigenvalue weighted by atomic mass is 10.2. The summed E-state index contributed by atoms with van der Waals surface area (Å²) in [7, 11) is 0. The van der Waals surface area contributed by atoms with Crippen LogP contribution >= 0.6 is 27.5 Å². The van der Waals surface area contributed by atoms with Gasteiger partial charge in [-0.05, 0) is 31.0 Å². The van der Waals surface area contributed by atoms with E-state index in [2.05, 4.69) is 15.9 Å². The third kappa shape index (κ3) is 5.55. The number of rotatable bonds is 8. The molecule has 2 nitrogen and oxygen atoms in total. The van der Waals surface area contributed by atoms with Crippen molar-refractivity contribution >= 4 is 33.8 Å². The van der Waals surface area contributed by atoms with Crippen molar-refractivity contribution in [3.8, 4) is 5.75 Å². The quantitative estimate of drug-likeness (QED) is 0.401. The van der Waals surface area contributed by atoms with Crippen LogP contribution < -0.4 is 4.74 Å². The molecule has 0 saturated carbocycles. The van der Waals surface area contributed by atoms with Crippen molar-refractivity contribution in [1.82, 2.24) is 0 Å². The number of carbonyl (C=O) groups excluding carboxylic acids is 1. The lowest BCUT2D eigenvalue weighted by molar-refractivity contribution is 0.112. The Morgan fingerprint density at radius 3 is 2.65 bits per heavy atom. The van der Waals surface area contributed by atoms with Gasteiger partial charge in [-0.15, -0.1) is 0 Å². The van der Waals surface area contributed by atoms with Gasteiger partial charge in [-0.1, -0.05) is 40.4 Å². The topological polar surface area (TPSA) is 26.3 Å². The van der Waals surface area contributed by atoms with E-state index >= 15 is 0 Å². The maximum atomic E-state index is 10.5. The Labute approximate surface area is 115 Å². The molecule has 0 saturated heterocycles. The molecule has 0 N–H and O–H groups in total. The Morgan fingerprint density at radius 2 is 2.00 bits per heavy atom. The first-order chi connectivity index (χ1) is 8.27. The van der Waals surface area contributed by atoms with E-state index in [-0.39, 0.29) is 0 Å². The van der Waals surface area contributed by atoms with E-state index in [4.69, 9.17) is 16.3 Å². The molecule has 0 unspecified atom stereocenters. The van der Waals surface area contributed by atoms with Gasteiger partial charge in [0.1, 0.15) is 12.0 Å². The maximum Gasteiger partial charge on any atom is 0.150 e. The van der Waals surface area contributed by atoms with Crippen LogP contribution in [0.4, 0.5) is 0 Å². The van der Waals surface area contributed by atoms with Gasteiger partial charge in [-0.3, -0.25) is 4.79 Å². The standard InChI is InChI=1S/C13H16BrClO2/c14-7-3-1-2-4-8-17-13-6-5-11(10-16)9-12(13)15/h5-6,9-10H,1-4,7-8H2. The monoisotopic (exact) mass is 318 g/mol. The summed E-state index contributed by atoms with van der Waals surface area (Å²) >= 11 is 9.38. The zero-order valence-electron chi connectivity index (χ0n) is 9.62. The summed E-state index contributed by atoms with van der Waals surface area (Å²) in [4.78, 5) is 10.5. The first kappa shape index (κ1) is 14.5. The fourth-order valence-electron chi connectivity index (χ4n) is 1.44. The Balaban J connectivity index is 2.29. The molecule has 1 rings (SSSR count). The first-order valence-electron chi connectivity index (χ1n) is 5.71. The molecule has 0 spiro atoms. The first-order valence-corrected chi connectivity index (χ1v) is 7.21. The molecular weight excluding hydrogens is 303 g/mol. The van der Waals surface area contributed by atoms with Crippen LogP contribution in [0.1, 0.15) is 36.0 Å². The second-order valence-corrected chi connectivity index (χ2v) is 4.96. The van der Waals surface area contributed by atoms with Crippen molar-refractivity contribution < 1.29 is 9.53 Å². The van der Waals surface area contributed by atoms with Crippen LogP contribution in [0.3, 0.4) is 0 Å². The maximum absolute atomic E-state index is 10.5. The van der Waals surface area contributed by atoms with Gasteiger partial charge < -0.3 is 4.74 Å². The summed E-state index contributed by atoms with van der Waals surface area (Å²) < 4.78 is 5.56. The third-order valence-electron chi connectivity index (χ3n) is 2.38. The number of unbranched alkanes of at least 4 members (excludes halogenated alkanes) is 3. The van der Waals surface area contributed by atoms with Crippen LogP contribution in [0, 0.1) is 0 Å². The van der Waals surface area contributed by atoms with E-state index in [0.29, 0.717) is 22.9 Å². The average molecular weight is 320 g/mol. The predicted octanol–water partition coefficient (Wildman–Crippen LogP) is 4.49. The summed E-state index contributed by atoms with van der Waals surface area (Å²) in [6.07, 6.45) is 5.38. The van der Waals surface area contributed by atoms with E-state index in [1.807, 2.05) is 0 Å². The molecule has 0 aromatic heterocycles. The number of halogens is 2. The molecule has 1 aromatic rings. The van der Waals surface area contributed by atoms with Gasteiger partial charge in [0.25, 0.3) is 0 Å². The molecule has 0 fully saturated rings. The minimum atomic E-state index is 0.495. The number of hydrogen-bond donors (Lipinski definition) is 0. The molecule has 0 heterocycles. The molecule has 0 amide bonds. The minimum Gasteiger partial charge on any atom is -0.492 e. The van der Waals surface area contributed by atoms with Crippen LogP contribution in [-0.2, 0) is 0 Å². The van der Waals surface area contributed by atoms with Gasteiger partial charge in [0.2, 0.25) is 0 Å². The van der Waals surface area contributed by atoms with E-state index in [1.54, 1.807) is 18.2 Å². The number of hydrogen-bond acceptors (Lipinski definition) is 2. The molecule has 0 bridgehead atoms. The van der Waals surface area contributed by atoms with Gasteiger partial charge in [-0.25, -0.2) is 0 Å². The molecular formula is C13H16BrClO2. The molecule has 0 atom stereocenters. The number of aldehydes is 1. The summed E-state index contributed by atoms with van der Waals surface area (Å²) in [5.74, 6) is 0.651. The lowest BCUT2D eigenvalue weighted by Gasteiger charge is -2.08. The molecule has 1 aromatic carbocycles. The highest BCUT2D eigenvalue weighted by Crippen LogP contribution is 2.25. The molecule has 94 valence electrons. The zero-order valence-corrected chi connectivity index (χ0v) is 12.0. The second kappa shape index (κ2) is 8.54. The Hall–Kier alpha value is -0.540. The normalized spacial score (nSPS) is 10.2. The van der Waals surface area contributed by atoms with Gasteiger partial charge in [0, 0.05) is 10.9 Å². The Bertz CT molecular complexity index is 355. The largest absolute Gasteiger partial charge is 0.492 e. The van der Waals surface area contributed by atoms with Gasteiger partial charge in [0.05, 0.1) is 11.6 Å². The summed E-state index contributed by atoms with van der Waals surface area (Å²) in [6.45, 7) is 0.669. The Kier molecular flexibility index (Phi) is 7.29. The molecule has 4 heteroatoms. The highest BCUT2D eigenvalue weighted by atomic mass is 79.9. The number of benzene rings is 1. The second-order valence-electron chi connectivity index (χ2n) is 3.76. The van der Waals surface area contributed by atoms with Crippen molar-refractivity contribution in [3.63, 3.8) is 0 Å². The van der Waals surface area contributed by atoms with Crippen LogP contribution in [0.5, 0.6) is 5.75 Å². The molecule has 0 aliphatic rings. The molecule has 0 radical (unpaired) electrons. The smallest absolute Gasteiger partial charge is 0.150 e. The lowest BCUT2D eigenvalue weighted by Crippen LogP contribution is -1.98. The van der Waals surface area contributed by atoms with Crippen LogP contribution in [0.2, 0.25) is 5.02 Å². The van der Waals surface area contributed by atoms with Crippen LogP contribution in [0.25, 0.3) is 0 Å².